The average Bonchev–Trinajstić information content (AvgIpc) is 2.61. The van der Waals surface area contributed by atoms with Crippen LogP contribution < -0.4 is 10.6 Å². The lowest BCUT2D eigenvalue weighted by molar-refractivity contribution is -0.149. The van der Waals surface area contributed by atoms with Gasteiger partial charge in [-0.05, 0) is 12.8 Å². The first-order valence-electron chi connectivity index (χ1n) is 7.18. The monoisotopic (exact) mass is 320 g/mol. The number of carboxylic acids is 1. The van der Waals surface area contributed by atoms with Gasteiger partial charge < -0.3 is 15.7 Å². The number of aliphatic carboxylic acids is 1. The van der Waals surface area contributed by atoms with Crippen LogP contribution in [0.25, 0.3) is 0 Å². The zero-order valence-electron chi connectivity index (χ0n) is 12.4. The summed E-state index contributed by atoms with van der Waals surface area (Å²) in [6.45, 7) is 0.0950. The Hall–Kier alpha value is -1.31. The Balaban J connectivity index is 2.46. The van der Waals surface area contributed by atoms with Crippen molar-refractivity contribution < 1.29 is 23.1 Å². The highest BCUT2D eigenvalue weighted by atomic mass is 32.2. The smallest absolute Gasteiger partial charge is 0.314 e. The van der Waals surface area contributed by atoms with E-state index in [2.05, 4.69) is 10.6 Å². The number of carbonyl (C=O) groups excluding carboxylic acids is 1. The van der Waals surface area contributed by atoms with Gasteiger partial charge in [0.05, 0.1) is 11.2 Å². The Morgan fingerprint density at radius 2 is 1.67 bits per heavy atom. The van der Waals surface area contributed by atoms with Gasteiger partial charge in [0, 0.05) is 19.3 Å². The molecular formula is C13H24N2O5S. The van der Waals surface area contributed by atoms with Crippen LogP contribution in [-0.4, -0.2) is 50.6 Å². The van der Waals surface area contributed by atoms with E-state index in [9.17, 15) is 23.1 Å². The van der Waals surface area contributed by atoms with Gasteiger partial charge in [-0.3, -0.25) is 4.79 Å². The van der Waals surface area contributed by atoms with Crippen LogP contribution in [0.2, 0.25) is 0 Å². The van der Waals surface area contributed by atoms with Crippen molar-refractivity contribution in [3.63, 3.8) is 0 Å². The Bertz CT molecular complexity index is 467. The second-order valence-electron chi connectivity index (χ2n) is 5.74. The minimum Gasteiger partial charge on any atom is -0.481 e. The molecule has 0 aromatic rings. The molecule has 0 radical (unpaired) electrons. The number of urea groups is 1. The highest BCUT2D eigenvalue weighted by Gasteiger charge is 2.38. The number of hydrogen-bond donors (Lipinski definition) is 3. The van der Waals surface area contributed by atoms with Gasteiger partial charge in [-0.1, -0.05) is 25.7 Å². The fourth-order valence-electron chi connectivity index (χ4n) is 2.53. The number of sulfone groups is 1. The van der Waals surface area contributed by atoms with Crippen LogP contribution in [0.3, 0.4) is 0 Å². The molecule has 0 aliphatic heterocycles. The summed E-state index contributed by atoms with van der Waals surface area (Å²) in [6.07, 6.45) is 5.97. The van der Waals surface area contributed by atoms with Crippen LogP contribution in [0.5, 0.6) is 0 Å². The molecule has 8 heteroatoms. The molecule has 0 heterocycles. The second kappa shape index (κ2) is 7.63. The van der Waals surface area contributed by atoms with E-state index in [-0.39, 0.29) is 18.8 Å². The molecule has 3 N–H and O–H groups in total. The van der Waals surface area contributed by atoms with Gasteiger partial charge in [-0.15, -0.1) is 0 Å². The topological polar surface area (TPSA) is 113 Å². The van der Waals surface area contributed by atoms with E-state index < -0.39 is 27.3 Å². The summed E-state index contributed by atoms with van der Waals surface area (Å²) in [5.74, 6) is -1.01. The molecule has 0 aromatic heterocycles. The summed E-state index contributed by atoms with van der Waals surface area (Å²) >= 11 is 0. The predicted molar refractivity (Wildman–Crippen MR) is 78.9 cm³/mol. The van der Waals surface area contributed by atoms with Crippen LogP contribution in [0.15, 0.2) is 0 Å². The Labute approximate surface area is 125 Å². The molecule has 7 nitrogen and oxygen atoms in total. The third kappa shape index (κ3) is 6.33. The molecule has 1 aliphatic carbocycles. The van der Waals surface area contributed by atoms with E-state index >= 15 is 0 Å². The summed E-state index contributed by atoms with van der Waals surface area (Å²) in [7, 11) is -3.12. The minimum absolute atomic E-state index is 0.0186. The fourth-order valence-corrected chi connectivity index (χ4v) is 3.01. The predicted octanol–water partition coefficient (Wildman–Crippen LogP) is 0.755. The van der Waals surface area contributed by atoms with Crippen molar-refractivity contribution >= 4 is 21.8 Å². The first kappa shape index (κ1) is 17.7. The largest absolute Gasteiger partial charge is 0.481 e. The van der Waals surface area contributed by atoms with Gasteiger partial charge in [-0.25, -0.2) is 13.2 Å². The molecule has 0 aromatic carbocycles. The van der Waals surface area contributed by atoms with Gasteiger partial charge in [-0.2, -0.15) is 0 Å². The number of carbonyl (C=O) groups is 2. The van der Waals surface area contributed by atoms with Crippen LogP contribution in [0.4, 0.5) is 4.79 Å². The Kier molecular flexibility index (Phi) is 6.44. The van der Waals surface area contributed by atoms with E-state index in [1.54, 1.807) is 0 Å². The zero-order chi connectivity index (χ0) is 15.9. The highest BCUT2D eigenvalue weighted by molar-refractivity contribution is 7.90. The number of carboxylic acid groups (broad SMARTS) is 1. The molecule has 0 spiro atoms. The van der Waals surface area contributed by atoms with Crippen molar-refractivity contribution in [2.75, 3.05) is 25.1 Å². The van der Waals surface area contributed by atoms with Gasteiger partial charge in [0.1, 0.15) is 9.84 Å². The van der Waals surface area contributed by atoms with Gasteiger partial charge >= 0.3 is 12.0 Å². The lowest BCUT2D eigenvalue weighted by atomic mass is 9.80. The molecule has 2 amide bonds. The van der Waals surface area contributed by atoms with Crippen molar-refractivity contribution in [3.8, 4) is 0 Å². The number of amides is 2. The maximum atomic E-state index is 11.6. The Morgan fingerprint density at radius 1 is 1.10 bits per heavy atom. The molecule has 0 atom stereocenters. The summed E-state index contributed by atoms with van der Waals surface area (Å²) in [5, 5.41) is 14.4. The molecule has 0 unspecified atom stereocenters. The normalized spacial score (nSPS) is 18.5. The molecular weight excluding hydrogens is 296 g/mol. The SMILES string of the molecule is CS(=O)(=O)CCNC(=O)NCC1(C(=O)O)CCCCCC1. The first-order valence-corrected chi connectivity index (χ1v) is 9.24. The molecule has 122 valence electrons. The number of nitrogens with one attached hydrogen (secondary N) is 2. The van der Waals surface area contributed by atoms with Gasteiger partial charge in [0.25, 0.3) is 0 Å². The second-order valence-corrected chi connectivity index (χ2v) is 8.00. The van der Waals surface area contributed by atoms with E-state index in [1.807, 2.05) is 0 Å². The van der Waals surface area contributed by atoms with Crippen LogP contribution in [0.1, 0.15) is 38.5 Å². The lowest BCUT2D eigenvalue weighted by Crippen LogP contribution is -2.46. The van der Waals surface area contributed by atoms with Crippen molar-refractivity contribution in [1.82, 2.24) is 10.6 Å². The Morgan fingerprint density at radius 3 is 2.14 bits per heavy atom. The molecule has 1 aliphatic rings. The summed E-state index contributed by atoms with van der Waals surface area (Å²) in [4.78, 5) is 23.1. The van der Waals surface area contributed by atoms with Gasteiger partial charge in [0.15, 0.2) is 0 Å². The van der Waals surface area contributed by atoms with Crippen molar-refractivity contribution in [2.24, 2.45) is 5.41 Å². The maximum Gasteiger partial charge on any atom is 0.314 e. The van der Waals surface area contributed by atoms with E-state index in [4.69, 9.17) is 0 Å². The lowest BCUT2D eigenvalue weighted by Gasteiger charge is -2.28. The molecule has 1 rings (SSSR count). The van der Waals surface area contributed by atoms with Crippen molar-refractivity contribution in [2.45, 2.75) is 38.5 Å². The standard InChI is InChI=1S/C13H24N2O5S/c1-21(19,20)9-8-14-12(18)15-10-13(11(16)17)6-4-2-3-5-7-13/h2-10H2,1H3,(H,16,17)(H2,14,15,18). The molecule has 0 saturated heterocycles. The zero-order valence-corrected chi connectivity index (χ0v) is 13.2. The van der Waals surface area contributed by atoms with Crippen LogP contribution in [-0.2, 0) is 14.6 Å². The van der Waals surface area contributed by atoms with E-state index in [1.165, 1.54) is 0 Å². The van der Waals surface area contributed by atoms with Crippen LogP contribution >= 0.6 is 0 Å². The highest BCUT2D eigenvalue weighted by Crippen LogP contribution is 2.34. The van der Waals surface area contributed by atoms with E-state index in [0.29, 0.717) is 12.8 Å². The molecule has 0 bridgehead atoms. The molecule has 1 saturated carbocycles. The maximum absolute atomic E-state index is 11.6. The molecule has 1 fully saturated rings. The summed E-state index contributed by atoms with van der Waals surface area (Å²) in [6, 6.07) is -0.525. The average molecular weight is 320 g/mol. The van der Waals surface area contributed by atoms with Crippen molar-refractivity contribution in [1.29, 1.82) is 0 Å². The number of rotatable bonds is 6. The quantitative estimate of drug-likeness (QED) is 0.625. The van der Waals surface area contributed by atoms with Crippen LogP contribution in [0, 0.1) is 5.41 Å². The third-order valence-corrected chi connectivity index (χ3v) is 4.81. The molecule has 21 heavy (non-hydrogen) atoms. The third-order valence-electron chi connectivity index (χ3n) is 3.86. The minimum atomic E-state index is -3.12. The fraction of sp³-hybridized carbons (Fsp3) is 0.846. The first-order chi connectivity index (χ1) is 9.75. The number of hydrogen-bond acceptors (Lipinski definition) is 4. The summed E-state index contributed by atoms with van der Waals surface area (Å²) in [5.41, 5.74) is -0.898. The van der Waals surface area contributed by atoms with Gasteiger partial charge in [0.2, 0.25) is 0 Å². The van der Waals surface area contributed by atoms with E-state index in [0.717, 1.165) is 31.9 Å². The summed E-state index contributed by atoms with van der Waals surface area (Å²) < 4.78 is 21.9. The van der Waals surface area contributed by atoms with Crippen molar-refractivity contribution in [3.05, 3.63) is 0 Å².